The van der Waals surface area contributed by atoms with Crippen molar-refractivity contribution in [3.8, 4) is 0 Å². The molecule has 0 radical (unpaired) electrons. The van der Waals surface area contributed by atoms with E-state index in [0.29, 0.717) is 5.69 Å². The highest BCUT2D eigenvalue weighted by Gasteiger charge is 2.67. The molecule has 2 saturated heterocycles. The number of ether oxygens (including phenoxy) is 1. The van der Waals surface area contributed by atoms with Crippen LogP contribution >= 0.6 is 0 Å². The first kappa shape index (κ1) is 14.6. The Labute approximate surface area is 134 Å². The Bertz CT molecular complexity index is 745. The van der Waals surface area contributed by atoms with Crippen molar-refractivity contribution in [1.82, 2.24) is 0 Å². The predicted octanol–water partition coefficient (Wildman–Crippen LogP) is 1.42. The van der Waals surface area contributed by atoms with Crippen molar-refractivity contribution in [3.63, 3.8) is 0 Å². The Morgan fingerprint density at radius 3 is 2.43 bits per heavy atom. The number of benzene rings is 1. The average molecular weight is 313 g/mol. The minimum absolute atomic E-state index is 0.222. The fraction of sp³-hybridized carbons (Fsp3) is 0.444. The lowest BCUT2D eigenvalue weighted by atomic mass is 9.77. The van der Waals surface area contributed by atoms with Gasteiger partial charge < -0.3 is 9.84 Å². The SMILES string of the molecule is Cc1cc(C)c(N2C(=O)C3C4C=CC(CO)(O4)C3C2=O)c(C)c1. The smallest absolute Gasteiger partial charge is 0.241 e. The maximum Gasteiger partial charge on any atom is 0.241 e. The second-order valence-corrected chi connectivity index (χ2v) is 6.82. The maximum absolute atomic E-state index is 13.0. The van der Waals surface area contributed by atoms with Crippen LogP contribution in [0.4, 0.5) is 5.69 Å². The van der Waals surface area contributed by atoms with Crippen LogP contribution < -0.4 is 4.90 Å². The van der Waals surface area contributed by atoms with E-state index in [4.69, 9.17) is 4.74 Å². The van der Waals surface area contributed by atoms with Crippen molar-refractivity contribution in [2.45, 2.75) is 32.5 Å². The molecule has 3 aliphatic rings. The van der Waals surface area contributed by atoms with Crippen LogP contribution in [0.1, 0.15) is 16.7 Å². The van der Waals surface area contributed by atoms with E-state index in [1.807, 2.05) is 32.9 Å². The van der Waals surface area contributed by atoms with Crippen molar-refractivity contribution >= 4 is 17.5 Å². The van der Waals surface area contributed by atoms with Gasteiger partial charge in [-0.1, -0.05) is 29.8 Å². The summed E-state index contributed by atoms with van der Waals surface area (Å²) in [6.07, 6.45) is 3.11. The number of nitrogens with zero attached hydrogens (tertiary/aromatic N) is 1. The van der Waals surface area contributed by atoms with Gasteiger partial charge in [0.15, 0.2) is 0 Å². The first-order valence-electron chi connectivity index (χ1n) is 7.83. The zero-order valence-corrected chi connectivity index (χ0v) is 13.4. The van der Waals surface area contributed by atoms with Crippen LogP contribution in [0.2, 0.25) is 0 Å². The summed E-state index contributed by atoms with van der Waals surface area (Å²) in [7, 11) is 0. The summed E-state index contributed by atoms with van der Waals surface area (Å²) in [5, 5.41) is 9.74. The number of hydrogen-bond donors (Lipinski definition) is 1. The largest absolute Gasteiger partial charge is 0.393 e. The maximum atomic E-state index is 13.0. The van der Waals surface area contributed by atoms with Crippen LogP contribution in [0.15, 0.2) is 24.3 Å². The zero-order chi connectivity index (χ0) is 16.5. The highest BCUT2D eigenvalue weighted by atomic mass is 16.5. The Morgan fingerprint density at radius 1 is 1.17 bits per heavy atom. The Morgan fingerprint density at radius 2 is 1.83 bits per heavy atom. The van der Waals surface area contributed by atoms with Crippen LogP contribution in [-0.2, 0) is 14.3 Å². The van der Waals surface area contributed by atoms with E-state index in [0.717, 1.165) is 16.7 Å². The van der Waals surface area contributed by atoms with Crippen molar-refractivity contribution < 1.29 is 19.4 Å². The number of fused-ring (bicyclic) bond motifs is 5. The summed E-state index contributed by atoms with van der Waals surface area (Å²) in [6.45, 7) is 5.52. The number of imide groups is 1. The van der Waals surface area contributed by atoms with Gasteiger partial charge in [-0.05, 0) is 31.9 Å². The van der Waals surface area contributed by atoms with Gasteiger partial charge in [-0.25, -0.2) is 4.90 Å². The number of rotatable bonds is 2. The molecule has 1 aromatic carbocycles. The van der Waals surface area contributed by atoms with Gasteiger partial charge >= 0.3 is 0 Å². The van der Waals surface area contributed by atoms with E-state index in [1.54, 1.807) is 12.2 Å². The first-order valence-corrected chi connectivity index (χ1v) is 7.83. The number of aliphatic hydroxyl groups is 1. The molecule has 5 nitrogen and oxygen atoms in total. The molecule has 0 aliphatic carbocycles. The molecule has 3 aliphatic heterocycles. The summed E-state index contributed by atoms with van der Waals surface area (Å²) in [5.74, 6) is -1.65. The monoisotopic (exact) mass is 313 g/mol. The van der Waals surface area contributed by atoms with Crippen LogP contribution in [-0.4, -0.2) is 35.2 Å². The third kappa shape index (κ3) is 1.69. The third-order valence-electron chi connectivity index (χ3n) is 5.26. The molecular formula is C18H19NO4. The molecule has 5 heteroatoms. The molecule has 2 fully saturated rings. The van der Waals surface area contributed by atoms with E-state index < -0.39 is 23.5 Å². The molecule has 1 N–H and O–H groups in total. The highest BCUT2D eigenvalue weighted by Crippen LogP contribution is 2.52. The van der Waals surface area contributed by atoms with Gasteiger partial charge in [0.1, 0.15) is 5.60 Å². The number of anilines is 1. The number of aliphatic hydroxyl groups excluding tert-OH is 1. The standard InChI is InChI=1S/C18H19NO4/c1-9-6-10(2)15(11(3)7-9)19-16(21)13-12-4-5-18(8-20,23-12)14(13)17(19)22/h4-7,12-14,20H,8H2,1-3H3. The second kappa shape index (κ2) is 4.52. The van der Waals surface area contributed by atoms with E-state index in [-0.39, 0.29) is 18.4 Å². The van der Waals surface area contributed by atoms with E-state index in [1.165, 1.54) is 4.90 Å². The Balaban J connectivity index is 1.83. The summed E-state index contributed by atoms with van der Waals surface area (Å²) in [5.41, 5.74) is 2.54. The van der Waals surface area contributed by atoms with Crippen molar-refractivity contribution in [1.29, 1.82) is 0 Å². The average Bonchev–Trinajstić information content (AvgIpc) is 3.12. The number of amides is 2. The fourth-order valence-corrected chi connectivity index (χ4v) is 4.43. The van der Waals surface area contributed by atoms with E-state index in [9.17, 15) is 14.7 Å². The summed E-state index contributed by atoms with van der Waals surface area (Å²) < 4.78 is 5.75. The summed E-state index contributed by atoms with van der Waals surface area (Å²) in [4.78, 5) is 27.3. The van der Waals surface area contributed by atoms with Gasteiger partial charge in [-0.3, -0.25) is 9.59 Å². The zero-order valence-electron chi connectivity index (χ0n) is 13.4. The van der Waals surface area contributed by atoms with Crippen molar-refractivity contribution in [2.24, 2.45) is 11.8 Å². The number of carbonyl (C=O) groups is 2. The lowest BCUT2D eigenvalue weighted by Gasteiger charge is -2.27. The minimum atomic E-state index is -1.04. The third-order valence-corrected chi connectivity index (χ3v) is 5.26. The molecule has 1 aromatic rings. The van der Waals surface area contributed by atoms with Crippen molar-refractivity contribution in [3.05, 3.63) is 41.0 Å². The van der Waals surface area contributed by atoms with Gasteiger partial charge in [0.05, 0.1) is 30.2 Å². The highest BCUT2D eigenvalue weighted by molar-refractivity contribution is 6.24. The lowest BCUT2D eigenvalue weighted by molar-refractivity contribution is -0.128. The number of aryl methyl sites for hydroxylation is 3. The molecule has 0 spiro atoms. The minimum Gasteiger partial charge on any atom is -0.393 e. The van der Waals surface area contributed by atoms with Gasteiger partial charge in [0, 0.05) is 0 Å². The molecule has 0 saturated carbocycles. The first-order chi connectivity index (χ1) is 10.9. The molecule has 4 rings (SSSR count). The summed E-state index contributed by atoms with van der Waals surface area (Å²) in [6, 6.07) is 3.95. The molecule has 4 unspecified atom stereocenters. The van der Waals surface area contributed by atoms with Crippen LogP contribution in [0.3, 0.4) is 0 Å². The molecule has 0 aromatic heterocycles. The van der Waals surface area contributed by atoms with Gasteiger partial charge in [-0.15, -0.1) is 0 Å². The van der Waals surface area contributed by atoms with Gasteiger partial charge in [-0.2, -0.15) is 0 Å². The van der Waals surface area contributed by atoms with Crippen LogP contribution in [0, 0.1) is 32.6 Å². The lowest BCUT2D eigenvalue weighted by Crippen LogP contribution is -2.43. The molecular weight excluding hydrogens is 294 g/mol. The van der Waals surface area contributed by atoms with Crippen LogP contribution in [0.25, 0.3) is 0 Å². The molecule has 23 heavy (non-hydrogen) atoms. The predicted molar refractivity (Wildman–Crippen MR) is 84.0 cm³/mol. The summed E-state index contributed by atoms with van der Waals surface area (Å²) >= 11 is 0. The van der Waals surface area contributed by atoms with Crippen molar-refractivity contribution in [2.75, 3.05) is 11.5 Å². The molecule has 4 atom stereocenters. The normalized spacial score (nSPS) is 34.6. The quantitative estimate of drug-likeness (QED) is 0.662. The van der Waals surface area contributed by atoms with Gasteiger partial charge in [0.25, 0.3) is 0 Å². The molecule has 3 heterocycles. The second-order valence-electron chi connectivity index (χ2n) is 6.82. The van der Waals surface area contributed by atoms with E-state index >= 15 is 0 Å². The van der Waals surface area contributed by atoms with Gasteiger partial charge in [0.2, 0.25) is 11.8 Å². The fourth-order valence-electron chi connectivity index (χ4n) is 4.43. The molecule has 2 bridgehead atoms. The number of carbonyl (C=O) groups excluding carboxylic acids is 2. The molecule has 2 amide bonds. The van der Waals surface area contributed by atoms with Crippen LogP contribution in [0.5, 0.6) is 0 Å². The number of hydrogen-bond acceptors (Lipinski definition) is 4. The molecule has 120 valence electrons. The Kier molecular flexibility index (Phi) is 2.87. The Hall–Kier alpha value is -1.98. The topological polar surface area (TPSA) is 66.8 Å². The van der Waals surface area contributed by atoms with E-state index in [2.05, 4.69) is 0 Å².